The van der Waals surface area contributed by atoms with Crippen LogP contribution in [0, 0.1) is 0 Å². The third-order valence-electron chi connectivity index (χ3n) is 19.2. The number of carbonyl (C=O) groups is 3. The van der Waals surface area contributed by atoms with Crippen molar-refractivity contribution in [2.24, 2.45) is 9.98 Å². The molecule has 7 aromatic carbocycles. The molecule has 0 radical (unpaired) electrons. The fourth-order valence-corrected chi connectivity index (χ4v) is 14.5. The molecular weight excluding hydrogens is 1200 g/mol. The number of rotatable bonds is 12. The van der Waals surface area contributed by atoms with Gasteiger partial charge in [-0.05, 0) is 171 Å². The molecule has 0 bridgehead atoms. The van der Waals surface area contributed by atoms with Crippen molar-refractivity contribution in [2.75, 3.05) is 26.2 Å². The molecule has 3 amide bonds. The van der Waals surface area contributed by atoms with Crippen molar-refractivity contribution < 1.29 is 28.6 Å². The average molecular weight is 1280 g/mol. The first-order valence-electron chi connectivity index (χ1n) is 34.1. The normalized spacial score (nSPS) is 19.5. The van der Waals surface area contributed by atoms with Gasteiger partial charge in [0, 0.05) is 73.5 Å². The maximum atomic E-state index is 13.0. The van der Waals surface area contributed by atoms with Gasteiger partial charge < -0.3 is 29.5 Å². The van der Waals surface area contributed by atoms with Gasteiger partial charge in [0.05, 0.1) is 41.9 Å². The van der Waals surface area contributed by atoms with Crippen LogP contribution in [0.5, 0.6) is 0 Å². The minimum atomic E-state index is -0.551. The third-order valence-corrected chi connectivity index (χ3v) is 19.2. The van der Waals surface area contributed by atoms with Crippen LogP contribution < -0.4 is 5.32 Å². The van der Waals surface area contributed by atoms with Crippen molar-refractivity contribution in [3.63, 3.8) is 0 Å². The van der Waals surface area contributed by atoms with Crippen molar-refractivity contribution in [3.05, 3.63) is 205 Å². The van der Waals surface area contributed by atoms with E-state index in [0.717, 1.165) is 135 Å². The highest BCUT2D eigenvalue weighted by atomic mass is 16.6. The van der Waals surface area contributed by atoms with Crippen molar-refractivity contribution in [1.82, 2.24) is 40.0 Å². The van der Waals surface area contributed by atoms with E-state index >= 15 is 0 Å². The van der Waals surface area contributed by atoms with Crippen LogP contribution in [0.1, 0.15) is 146 Å². The molecule has 3 N–H and O–H groups in total. The summed E-state index contributed by atoms with van der Waals surface area (Å²) in [7, 11) is 0. The topological polar surface area (TPSA) is 183 Å². The quantitative estimate of drug-likeness (QED) is 0.100. The zero-order valence-electron chi connectivity index (χ0n) is 55.7. The number of nitrogens with one attached hydrogen (secondary N) is 3. The summed E-state index contributed by atoms with van der Waals surface area (Å²) in [6, 6.07) is 53.2. The van der Waals surface area contributed by atoms with Crippen LogP contribution in [0.15, 0.2) is 186 Å². The Balaban J connectivity index is 0.000000169. The van der Waals surface area contributed by atoms with Crippen LogP contribution in [-0.4, -0.2) is 114 Å². The van der Waals surface area contributed by atoms with Gasteiger partial charge in [0.25, 0.3) is 0 Å². The van der Waals surface area contributed by atoms with E-state index in [1.807, 2.05) is 102 Å². The molecule has 8 heterocycles. The van der Waals surface area contributed by atoms with E-state index in [4.69, 9.17) is 34.2 Å². The van der Waals surface area contributed by atoms with Gasteiger partial charge in [0.15, 0.2) is 0 Å². The number of imidazole rings is 2. The van der Waals surface area contributed by atoms with E-state index in [2.05, 4.69) is 137 Å². The molecule has 0 aliphatic carbocycles. The van der Waals surface area contributed by atoms with Crippen LogP contribution in [0.3, 0.4) is 0 Å². The maximum absolute atomic E-state index is 13.0. The Morgan fingerprint density at radius 1 is 0.458 bits per heavy atom. The Kier molecular flexibility index (Phi) is 17.9. The first-order valence-corrected chi connectivity index (χ1v) is 34.1. The van der Waals surface area contributed by atoms with Gasteiger partial charge in [-0.25, -0.2) is 24.4 Å². The van der Waals surface area contributed by atoms with Gasteiger partial charge in [0.1, 0.15) is 29.5 Å². The minimum absolute atomic E-state index is 0.0378. The van der Waals surface area contributed by atoms with E-state index < -0.39 is 11.2 Å². The summed E-state index contributed by atoms with van der Waals surface area (Å²) in [6.07, 6.45) is 16.4. The fraction of sp³-hybridized carbons (Fsp3) is 0.338. The summed E-state index contributed by atoms with van der Waals surface area (Å²) < 4.78 is 17.0. The Bertz CT molecular complexity index is 4490. The number of carbonyl (C=O) groups excluding carboxylic acids is 3. The molecule has 9 aromatic rings. The minimum Gasteiger partial charge on any atom is -0.445 e. The molecular formula is C80H84N10O6. The number of aromatic nitrogens is 4. The van der Waals surface area contributed by atoms with Gasteiger partial charge in [-0.1, -0.05) is 152 Å². The number of allylic oxidation sites excluding steroid dienone is 2. The Labute approximate surface area is 561 Å². The van der Waals surface area contributed by atoms with Crippen molar-refractivity contribution in [2.45, 2.75) is 148 Å². The monoisotopic (exact) mass is 1280 g/mol. The summed E-state index contributed by atoms with van der Waals surface area (Å²) in [5.74, 6) is 1.59. The fourth-order valence-electron chi connectivity index (χ4n) is 14.5. The van der Waals surface area contributed by atoms with E-state index in [0.29, 0.717) is 32.1 Å². The zero-order valence-corrected chi connectivity index (χ0v) is 55.7. The number of ether oxygens (including phenoxy) is 3. The molecule has 6 aliphatic heterocycles. The number of fused-ring (bicyclic) bond motifs is 2. The Hall–Kier alpha value is -9.93. The SMILES string of the molecule is CC(C)(C)OC(=O)N1CCC[C@H]1c1ncc(-c2ccc(-c3ccc(C4=CN=C([C@@H]5CCCN5)C4)cc3)c3ccccc23)[nH]1.CC(C)(C)OC(=O)N1CCC[C@H]1c1ncc(-c2ccc(-c3ccc(C4=CN=C([C@@H]5CCCN5C(=O)OCc5ccccc5)C4)cc3)c3ccccc23)[nH]1. The predicted octanol–water partition coefficient (Wildman–Crippen LogP) is 17.9. The standard InChI is InChI=1S/C44H45N5O4.C36H39N5O2/c1-44(2,3)53-43(51)49-24-10-16-40(49)41-46-27-38(47-41)36-22-21-33(34-13-7-8-14-35(34)36)31-19-17-30(18-20-31)32-25-37(45-26-32)39-15-9-23-48(39)42(50)52-28-29-11-5-4-6-12-29;1-36(2,3)43-35(42)41-19-7-11-33(41)34-39-22-32(40-34)29-17-16-26(27-8-4-5-9-28(27)29)24-14-12-23(13-15-24)25-20-31(38-21-25)30-10-6-18-37-30/h4-8,11-14,17-22,26-27,39-40H,9-10,15-16,23-25,28H2,1-3H3,(H,46,47);4-5,8-9,12-17,21-22,30,33,37H,6-7,10-11,18-20H2,1-3H3,(H,39,40)/t39-,40-;30-,33-/m00/s1. The molecule has 0 spiro atoms. The summed E-state index contributed by atoms with van der Waals surface area (Å²) >= 11 is 0. The van der Waals surface area contributed by atoms with Gasteiger partial charge in [-0.2, -0.15) is 0 Å². The third kappa shape index (κ3) is 13.7. The van der Waals surface area contributed by atoms with Crippen LogP contribution in [0.25, 0.3) is 77.5 Å². The van der Waals surface area contributed by atoms with Crippen molar-refractivity contribution in [1.29, 1.82) is 0 Å². The number of likely N-dealkylation sites (tertiary alicyclic amines) is 3. The van der Waals surface area contributed by atoms with Gasteiger partial charge in [-0.3, -0.25) is 24.7 Å². The summed E-state index contributed by atoms with van der Waals surface area (Å²) in [5.41, 5.74) is 15.7. The number of hydrogen-bond donors (Lipinski definition) is 3. The molecule has 4 fully saturated rings. The highest BCUT2D eigenvalue weighted by molar-refractivity contribution is 6.07. The van der Waals surface area contributed by atoms with E-state index in [1.165, 1.54) is 46.2 Å². The van der Waals surface area contributed by atoms with E-state index in [9.17, 15) is 14.4 Å². The number of H-pyrrole nitrogens is 2. The molecule has 16 heteroatoms. The largest absolute Gasteiger partial charge is 0.445 e. The van der Waals surface area contributed by atoms with E-state index in [1.54, 1.807) is 9.80 Å². The average Bonchev–Trinajstić information content (AvgIpc) is 1.41. The van der Waals surface area contributed by atoms with Crippen LogP contribution >= 0.6 is 0 Å². The summed E-state index contributed by atoms with van der Waals surface area (Å²) in [5, 5.41) is 8.20. The van der Waals surface area contributed by atoms with Crippen LogP contribution in [0.4, 0.5) is 14.4 Å². The first kappa shape index (κ1) is 63.5. The van der Waals surface area contributed by atoms with Crippen LogP contribution in [-0.2, 0) is 20.8 Å². The molecule has 4 saturated heterocycles. The Morgan fingerprint density at radius 3 is 1.34 bits per heavy atom. The van der Waals surface area contributed by atoms with Gasteiger partial charge >= 0.3 is 18.3 Å². The second kappa shape index (κ2) is 27.1. The lowest BCUT2D eigenvalue weighted by atomic mass is 9.92. The lowest BCUT2D eigenvalue weighted by Crippen LogP contribution is -2.40. The molecule has 0 unspecified atom stereocenters. The smallest absolute Gasteiger partial charge is 0.410 e. The first-order chi connectivity index (χ1) is 46.6. The van der Waals surface area contributed by atoms with Gasteiger partial charge in [0.2, 0.25) is 0 Å². The molecule has 0 saturated carbocycles. The van der Waals surface area contributed by atoms with Gasteiger partial charge in [-0.15, -0.1) is 0 Å². The van der Waals surface area contributed by atoms with E-state index in [-0.39, 0.29) is 43.0 Å². The number of amides is 3. The number of benzene rings is 7. The predicted molar refractivity (Wildman–Crippen MR) is 381 cm³/mol. The molecule has 4 atom stereocenters. The summed E-state index contributed by atoms with van der Waals surface area (Å²) in [6.45, 7) is 14.7. The number of nitrogens with zero attached hydrogens (tertiary/aromatic N) is 7. The number of aromatic amines is 2. The van der Waals surface area contributed by atoms with Crippen molar-refractivity contribution >= 4 is 62.4 Å². The molecule has 15 rings (SSSR count). The zero-order chi connectivity index (χ0) is 66.1. The summed E-state index contributed by atoms with van der Waals surface area (Å²) in [4.78, 5) is 70.5. The lowest BCUT2D eigenvalue weighted by molar-refractivity contribution is 0.0208. The molecule has 490 valence electrons. The second-order valence-corrected chi connectivity index (χ2v) is 28.0. The maximum Gasteiger partial charge on any atom is 0.410 e. The molecule has 2 aromatic heterocycles. The lowest BCUT2D eigenvalue weighted by Gasteiger charge is -2.27. The molecule has 96 heavy (non-hydrogen) atoms. The number of aliphatic imine (C=N–C) groups is 2. The molecule has 6 aliphatic rings. The Morgan fingerprint density at radius 2 is 0.875 bits per heavy atom. The highest BCUT2D eigenvalue weighted by Gasteiger charge is 2.38. The molecule has 16 nitrogen and oxygen atoms in total. The van der Waals surface area contributed by atoms with Crippen molar-refractivity contribution in [3.8, 4) is 44.8 Å². The second-order valence-electron chi connectivity index (χ2n) is 28.0. The number of hydrogen-bond acceptors (Lipinski definition) is 11. The van der Waals surface area contributed by atoms with Crippen LogP contribution in [0.2, 0.25) is 0 Å². The highest BCUT2D eigenvalue weighted by Crippen LogP contribution is 2.42.